The second-order valence-corrected chi connectivity index (χ2v) is 3.56. The van der Waals surface area contributed by atoms with Crippen molar-refractivity contribution in [1.82, 2.24) is 0 Å². The molecule has 1 aromatic rings. The Hall–Kier alpha value is -1.22. The third-order valence-electron chi connectivity index (χ3n) is 1.79. The quantitative estimate of drug-likeness (QED) is 0.629. The number of ether oxygens (including phenoxy) is 1. The molecule has 2 N–H and O–H groups in total. The molecule has 0 saturated heterocycles. The van der Waals surface area contributed by atoms with Crippen LogP contribution < -0.4 is 10.5 Å². The highest BCUT2D eigenvalue weighted by molar-refractivity contribution is 7.78. The topological polar surface area (TPSA) is 47.6 Å². The van der Waals surface area contributed by atoms with Crippen LogP contribution in [0.3, 0.4) is 0 Å². The molecule has 3 nitrogen and oxygen atoms in total. The van der Waals surface area contributed by atoms with Crippen molar-refractivity contribution in [2.45, 2.75) is 26.5 Å². The molecule has 1 rings (SSSR count). The van der Waals surface area contributed by atoms with Crippen molar-refractivity contribution >= 4 is 23.1 Å². The first-order valence-electron chi connectivity index (χ1n) is 4.75. The summed E-state index contributed by atoms with van der Waals surface area (Å²) < 4.78 is 5.58. The highest BCUT2D eigenvalue weighted by atomic mass is 32.1. The molecule has 0 heterocycles. The van der Waals surface area contributed by atoms with E-state index in [4.69, 9.17) is 10.5 Å². The molecule has 0 saturated carbocycles. The normalized spacial score (nSPS) is 9.87. The number of thiocarbonyl (C=S) groups is 1. The minimum atomic E-state index is 0.104. The van der Waals surface area contributed by atoms with Gasteiger partial charge in [0.1, 0.15) is 11.4 Å². The van der Waals surface area contributed by atoms with Crippen molar-refractivity contribution in [2.24, 2.45) is 10.7 Å². The Balaban J connectivity index is 3.08. The molecule has 0 atom stereocenters. The lowest BCUT2D eigenvalue weighted by atomic mass is 10.2. The fraction of sp³-hybridized carbons (Fsp3) is 0.364. The summed E-state index contributed by atoms with van der Waals surface area (Å²) in [6.45, 7) is 4.39. The molecule has 0 aliphatic carbocycles. The summed E-state index contributed by atoms with van der Waals surface area (Å²) in [6.07, 6.45) is 0.104. The van der Waals surface area contributed by atoms with Gasteiger partial charge in [-0.25, -0.2) is 0 Å². The average Bonchev–Trinajstić information content (AvgIpc) is 2.20. The number of rotatable bonds is 4. The third-order valence-corrected chi connectivity index (χ3v) is 1.88. The van der Waals surface area contributed by atoms with Crippen molar-refractivity contribution in [1.29, 1.82) is 0 Å². The maximum Gasteiger partial charge on any atom is 0.146 e. The summed E-state index contributed by atoms with van der Waals surface area (Å²) in [7, 11) is 0. The molecule has 1 aromatic carbocycles. The van der Waals surface area contributed by atoms with Crippen LogP contribution in [0.15, 0.2) is 23.2 Å². The second-order valence-electron chi connectivity index (χ2n) is 3.38. The second kappa shape index (κ2) is 5.61. The van der Waals surface area contributed by atoms with Gasteiger partial charge in [0.2, 0.25) is 0 Å². The third kappa shape index (κ3) is 3.44. The van der Waals surface area contributed by atoms with Gasteiger partial charge in [-0.2, -0.15) is 4.99 Å². The number of nitrogens with zero attached hydrogens (tertiary/aromatic N) is 1. The highest BCUT2D eigenvalue weighted by Gasteiger charge is 2.05. The van der Waals surface area contributed by atoms with E-state index in [1.165, 1.54) is 0 Å². The van der Waals surface area contributed by atoms with Gasteiger partial charge < -0.3 is 10.5 Å². The van der Waals surface area contributed by atoms with E-state index in [1.807, 2.05) is 32.0 Å². The zero-order chi connectivity index (χ0) is 11.3. The van der Waals surface area contributed by atoms with Crippen LogP contribution >= 0.6 is 12.2 Å². The fourth-order valence-corrected chi connectivity index (χ4v) is 1.28. The maximum absolute atomic E-state index is 5.58. The Morgan fingerprint density at radius 3 is 2.80 bits per heavy atom. The lowest BCUT2D eigenvalue weighted by molar-refractivity contribution is 0.243. The zero-order valence-electron chi connectivity index (χ0n) is 8.86. The lowest BCUT2D eigenvalue weighted by Gasteiger charge is -2.12. The van der Waals surface area contributed by atoms with Crippen LogP contribution in [0.5, 0.6) is 5.75 Å². The van der Waals surface area contributed by atoms with Crippen molar-refractivity contribution in [3.05, 3.63) is 23.8 Å². The van der Waals surface area contributed by atoms with E-state index in [2.05, 4.69) is 22.4 Å². The molecule has 15 heavy (non-hydrogen) atoms. The van der Waals surface area contributed by atoms with Crippen LogP contribution in [-0.2, 0) is 6.54 Å². The maximum atomic E-state index is 5.58. The molecule has 0 aliphatic heterocycles. The van der Waals surface area contributed by atoms with E-state index in [-0.39, 0.29) is 6.10 Å². The number of hydrogen-bond donors (Lipinski definition) is 1. The summed E-state index contributed by atoms with van der Waals surface area (Å²) in [6, 6.07) is 5.63. The average molecular weight is 222 g/mol. The summed E-state index contributed by atoms with van der Waals surface area (Å²) in [5.74, 6) is 0.708. The van der Waals surface area contributed by atoms with E-state index >= 15 is 0 Å². The van der Waals surface area contributed by atoms with Gasteiger partial charge in [-0.15, -0.1) is 0 Å². The molecule has 0 bridgehead atoms. The van der Waals surface area contributed by atoms with Crippen LogP contribution in [0, 0.1) is 0 Å². The first-order valence-corrected chi connectivity index (χ1v) is 5.15. The molecule has 0 aromatic heterocycles. The first-order chi connectivity index (χ1) is 7.17. The van der Waals surface area contributed by atoms with Gasteiger partial charge in [-0.3, -0.25) is 0 Å². The summed E-state index contributed by atoms with van der Waals surface area (Å²) >= 11 is 4.58. The van der Waals surface area contributed by atoms with Crippen LogP contribution in [0.2, 0.25) is 0 Å². The van der Waals surface area contributed by atoms with Gasteiger partial charge in [0, 0.05) is 6.54 Å². The standard InChI is InChI=1S/C11H14N2OS/c1-8(2)14-11-4-3-9(6-12)5-10(11)13-7-15/h3-5,8H,6,12H2,1-2H3. The molecule has 80 valence electrons. The molecule has 0 amide bonds. The van der Waals surface area contributed by atoms with Crippen molar-refractivity contribution in [3.63, 3.8) is 0 Å². The lowest BCUT2D eigenvalue weighted by Crippen LogP contribution is -2.06. The van der Waals surface area contributed by atoms with Gasteiger partial charge in [-0.1, -0.05) is 6.07 Å². The van der Waals surface area contributed by atoms with Gasteiger partial charge in [0.05, 0.1) is 11.3 Å². The molecule has 0 spiro atoms. The Morgan fingerprint density at radius 1 is 1.53 bits per heavy atom. The molecular weight excluding hydrogens is 208 g/mol. The number of isothiocyanates is 1. The van der Waals surface area contributed by atoms with E-state index in [9.17, 15) is 0 Å². The van der Waals surface area contributed by atoms with E-state index in [0.717, 1.165) is 5.56 Å². The first kappa shape index (κ1) is 11.9. The number of hydrogen-bond acceptors (Lipinski definition) is 4. The summed E-state index contributed by atoms with van der Waals surface area (Å²) in [4.78, 5) is 3.95. The Bertz CT molecular complexity index is 384. The van der Waals surface area contributed by atoms with Crippen LogP contribution in [0.4, 0.5) is 5.69 Å². The smallest absolute Gasteiger partial charge is 0.146 e. The fourth-order valence-electron chi connectivity index (χ4n) is 1.18. The molecule has 0 unspecified atom stereocenters. The van der Waals surface area contributed by atoms with E-state index in [1.54, 1.807) is 0 Å². The SMILES string of the molecule is CC(C)Oc1ccc(CN)cc1N=C=S. The van der Waals surface area contributed by atoms with Gasteiger partial charge >= 0.3 is 0 Å². The molecule has 0 fully saturated rings. The molecule has 4 heteroatoms. The molecule has 0 aliphatic rings. The number of aliphatic imine (C=N–C) groups is 1. The highest BCUT2D eigenvalue weighted by Crippen LogP contribution is 2.29. The van der Waals surface area contributed by atoms with Crippen LogP contribution in [0.1, 0.15) is 19.4 Å². The van der Waals surface area contributed by atoms with Crippen molar-refractivity contribution < 1.29 is 4.74 Å². The monoisotopic (exact) mass is 222 g/mol. The largest absolute Gasteiger partial charge is 0.489 e. The van der Waals surface area contributed by atoms with Gasteiger partial charge in [0.15, 0.2) is 0 Å². The van der Waals surface area contributed by atoms with Gasteiger partial charge in [-0.05, 0) is 43.8 Å². The van der Waals surface area contributed by atoms with Crippen molar-refractivity contribution in [3.8, 4) is 5.75 Å². The van der Waals surface area contributed by atoms with Gasteiger partial charge in [0.25, 0.3) is 0 Å². The van der Waals surface area contributed by atoms with Crippen LogP contribution in [0.25, 0.3) is 0 Å². The predicted molar refractivity (Wildman–Crippen MR) is 64.8 cm³/mol. The Kier molecular flexibility index (Phi) is 4.43. The van der Waals surface area contributed by atoms with E-state index < -0.39 is 0 Å². The predicted octanol–water partition coefficient (Wildman–Crippen LogP) is 2.67. The minimum Gasteiger partial charge on any atom is -0.489 e. The van der Waals surface area contributed by atoms with E-state index in [0.29, 0.717) is 18.0 Å². The number of nitrogens with two attached hydrogens (primary N) is 1. The number of benzene rings is 1. The Labute approximate surface area is 95.0 Å². The van der Waals surface area contributed by atoms with Crippen molar-refractivity contribution in [2.75, 3.05) is 0 Å². The molecular formula is C11H14N2OS. The van der Waals surface area contributed by atoms with Crippen LogP contribution in [-0.4, -0.2) is 11.3 Å². The summed E-state index contributed by atoms with van der Waals surface area (Å²) in [5.41, 5.74) is 7.21. The Morgan fingerprint density at radius 2 is 2.27 bits per heavy atom. The summed E-state index contributed by atoms with van der Waals surface area (Å²) in [5, 5.41) is 2.34. The molecule has 0 radical (unpaired) electrons. The minimum absolute atomic E-state index is 0.104. The zero-order valence-corrected chi connectivity index (χ0v) is 9.67.